The highest BCUT2D eigenvalue weighted by Crippen LogP contribution is 2.24. The van der Waals surface area contributed by atoms with Crippen molar-refractivity contribution in [2.45, 2.75) is 45.2 Å². The second-order valence-corrected chi connectivity index (χ2v) is 6.26. The molecule has 0 aromatic carbocycles. The van der Waals surface area contributed by atoms with Crippen molar-refractivity contribution in [2.24, 2.45) is 0 Å². The molecule has 19 heavy (non-hydrogen) atoms. The molecular formula is C14H23ClN4. The number of piperidine rings is 1. The van der Waals surface area contributed by atoms with E-state index in [0.717, 1.165) is 29.0 Å². The molecule has 0 unspecified atom stereocenters. The Hall–Kier alpha value is -0.580. The van der Waals surface area contributed by atoms with Gasteiger partial charge in [0.05, 0.1) is 16.4 Å². The lowest BCUT2D eigenvalue weighted by Crippen LogP contribution is -2.40. The van der Waals surface area contributed by atoms with E-state index in [-0.39, 0.29) is 0 Å². The maximum Gasteiger partial charge on any atom is 0.0951 e. The number of halogens is 1. The summed E-state index contributed by atoms with van der Waals surface area (Å²) >= 11 is 6.24. The van der Waals surface area contributed by atoms with E-state index in [1.54, 1.807) is 0 Å². The Bertz CT molecular complexity index is 425. The largest absolute Gasteiger partial charge is 0.299 e. The van der Waals surface area contributed by atoms with Crippen LogP contribution in [0.1, 0.15) is 37.1 Å². The van der Waals surface area contributed by atoms with Gasteiger partial charge in [-0.15, -0.1) is 0 Å². The highest BCUT2D eigenvalue weighted by molar-refractivity contribution is 6.31. The molecule has 0 radical (unpaired) electrons. The Kier molecular flexibility index (Phi) is 4.10. The molecule has 106 valence electrons. The molecule has 2 fully saturated rings. The summed E-state index contributed by atoms with van der Waals surface area (Å²) in [6.07, 6.45) is 5.46. The van der Waals surface area contributed by atoms with Gasteiger partial charge in [-0.1, -0.05) is 18.0 Å². The molecule has 2 aliphatic rings. The first kappa shape index (κ1) is 13.4. The smallest absolute Gasteiger partial charge is 0.0951 e. The monoisotopic (exact) mass is 282 g/mol. The number of likely N-dealkylation sites (tertiary alicyclic amines) is 2. The lowest BCUT2D eigenvalue weighted by atomic mass is 10.1. The van der Waals surface area contributed by atoms with Crippen molar-refractivity contribution in [1.29, 1.82) is 0 Å². The molecule has 1 aromatic heterocycles. The van der Waals surface area contributed by atoms with Crippen molar-refractivity contribution < 1.29 is 0 Å². The highest BCUT2D eigenvalue weighted by Gasteiger charge is 2.29. The normalized spacial score (nSPS) is 26.1. The van der Waals surface area contributed by atoms with E-state index >= 15 is 0 Å². The van der Waals surface area contributed by atoms with E-state index in [0.29, 0.717) is 0 Å². The molecule has 0 amide bonds. The number of nitrogens with zero attached hydrogens (tertiary/aromatic N) is 3. The van der Waals surface area contributed by atoms with Gasteiger partial charge < -0.3 is 0 Å². The Morgan fingerprint density at radius 1 is 1.26 bits per heavy atom. The molecule has 1 atom stereocenters. The van der Waals surface area contributed by atoms with Crippen LogP contribution in [-0.2, 0) is 6.54 Å². The van der Waals surface area contributed by atoms with E-state index in [1.165, 1.54) is 51.9 Å². The molecule has 1 N–H and O–H groups in total. The number of aromatic amines is 1. The highest BCUT2D eigenvalue weighted by atomic mass is 35.5. The molecule has 0 spiro atoms. The molecule has 1 aromatic rings. The summed E-state index contributed by atoms with van der Waals surface area (Å²) in [5.74, 6) is 0. The minimum Gasteiger partial charge on any atom is -0.299 e. The van der Waals surface area contributed by atoms with E-state index in [1.807, 2.05) is 6.92 Å². The zero-order valence-corrected chi connectivity index (χ0v) is 12.4. The number of hydrogen-bond donors (Lipinski definition) is 1. The van der Waals surface area contributed by atoms with Gasteiger partial charge in [-0.05, 0) is 39.3 Å². The number of aromatic nitrogens is 2. The van der Waals surface area contributed by atoms with E-state index in [9.17, 15) is 0 Å². The summed E-state index contributed by atoms with van der Waals surface area (Å²) in [7, 11) is 0. The van der Waals surface area contributed by atoms with Crippen molar-refractivity contribution in [3.05, 3.63) is 16.4 Å². The maximum absolute atomic E-state index is 6.24. The average molecular weight is 283 g/mol. The van der Waals surface area contributed by atoms with Crippen LogP contribution in [0.15, 0.2) is 0 Å². The summed E-state index contributed by atoms with van der Waals surface area (Å²) in [5.41, 5.74) is 1.97. The standard InChI is InChI=1S/C14H23ClN4/c1-11-14(15)13(17-16-11)10-18-8-5-12(9-18)19-6-3-2-4-7-19/h12H,2-10H2,1H3,(H,16,17)/t12-/m0/s1. The predicted molar refractivity (Wildman–Crippen MR) is 77.4 cm³/mol. The molecule has 0 bridgehead atoms. The topological polar surface area (TPSA) is 35.2 Å². The van der Waals surface area contributed by atoms with Crippen LogP contribution in [0.3, 0.4) is 0 Å². The van der Waals surface area contributed by atoms with Crippen LogP contribution in [0.5, 0.6) is 0 Å². The van der Waals surface area contributed by atoms with Crippen molar-refractivity contribution in [2.75, 3.05) is 26.2 Å². The first-order valence-electron chi connectivity index (χ1n) is 7.40. The van der Waals surface area contributed by atoms with Crippen LogP contribution < -0.4 is 0 Å². The first-order chi connectivity index (χ1) is 9.24. The van der Waals surface area contributed by atoms with Crippen LogP contribution in [0.25, 0.3) is 0 Å². The third kappa shape index (κ3) is 2.96. The third-order valence-corrected chi connectivity index (χ3v) is 4.97. The minimum atomic E-state index is 0.749. The fraction of sp³-hybridized carbons (Fsp3) is 0.786. The average Bonchev–Trinajstić information content (AvgIpc) is 3.02. The summed E-state index contributed by atoms with van der Waals surface area (Å²) in [4.78, 5) is 5.17. The summed E-state index contributed by atoms with van der Waals surface area (Å²) in [6.45, 7) is 7.78. The zero-order valence-electron chi connectivity index (χ0n) is 11.7. The lowest BCUT2D eigenvalue weighted by Gasteiger charge is -2.32. The van der Waals surface area contributed by atoms with E-state index in [2.05, 4.69) is 20.0 Å². The molecule has 3 rings (SSSR count). The fourth-order valence-corrected chi connectivity index (χ4v) is 3.46. The van der Waals surface area contributed by atoms with Gasteiger partial charge in [0.25, 0.3) is 0 Å². The van der Waals surface area contributed by atoms with Gasteiger partial charge in [0, 0.05) is 25.7 Å². The number of rotatable bonds is 3. The van der Waals surface area contributed by atoms with Crippen LogP contribution in [-0.4, -0.2) is 52.2 Å². The van der Waals surface area contributed by atoms with Crippen LogP contribution in [0.4, 0.5) is 0 Å². The van der Waals surface area contributed by atoms with Crippen LogP contribution in [0.2, 0.25) is 5.02 Å². The second kappa shape index (κ2) is 5.81. The van der Waals surface area contributed by atoms with Gasteiger partial charge in [0.1, 0.15) is 0 Å². The van der Waals surface area contributed by atoms with Gasteiger partial charge in [-0.25, -0.2) is 0 Å². The van der Waals surface area contributed by atoms with Crippen molar-refractivity contribution in [1.82, 2.24) is 20.0 Å². The molecular weight excluding hydrogens is 260 g/mol. The molecule has 2 aliphatic heterocycles. The number of nitrogens with one attached hydrogen (secondary N) is 1. The van der Waals surface area contributed by atoms with Gasteiger partial charge in [-0.2, -0.15) is 5.10 Å². The summed E-state index contributed by atoms with van der Waals surface area (Å²) in [5, 5.41) is 8.08. The minimum absolute atomic E-state index is 0.749. The van der Waals surface area contributed by atoms with Crippen molar-refractivity contribution in [3.63, 3.8) is 0 Å². The fourth-order valence-electron chi connectivity index (χ4n) is 3.32. The van der Waals surface area contributed by atoms with Crippen molar-refractivity contribution >= 4 is 11.6 Å². The lowest BCUT2D eigenvalue weighted by molar-refractivity contribution is 0.161. The van der Waals surface area contributed by atoms with Gasteiger partial charge in [-0.3, -0.25) is 14.9 Å². The molecule has 2 saturated heterocycles. The maximum atomic E-state index is 6.24. The predicted octanol–water partition coefficient (Wildman–Crippen LogP) is 2.43. The Labute approximate surface area is 120 Å². The number of aryl methyl sites for hydroxylation is 1. The number of H-pyrrole nitrogens is 1. The Morgan fingerprint density at radius 2 is 2.05 bits per heavy atom. The first-order valence-corrected chi connectivity index (χ1v) is 7.77. The second-order valence-electron chi connectivity index (χ2n) is 5.88. The van der Waals surface area contributed by atoms with Gasteiger partial charge in [0.2, 0.25) is 0 Å². The number of hydrogen-bond acceptors (Lipinski definition) is 3. The molecule has 0 aliphatic carbocycles. The summed E-state index contributed by atoms with van der Waals surface area (Å²) < 4.78 is 0. The van der Waals surface area contributed by atoms with E-state index in [4.69, 9.17) is 11.6 Å². The van der Waals surface area contributed by atoms with Crippen LogP contribution in [0, 0.1) is 6.92 Å². The van der Waals surface area contributed by atoms with Gasteiger partial charge >= 0.3 is 0 Å². The van der Waals surface area contributed by atoms with Crippen molar-refractivity contribution in [3.8, 4) is 0 Å². The van der Waals surface area contributed by atoms with Gasteiger partial charge in [0.15, 0.2) is 0 Å². The zero-order chi connectivity index (χ0) is 13.2. The SMILES string of the molecule is Cc1[nH]nc(CN2CC[C@H](N3CCCCC3)C2)c1Cl. The van der Waals surface area contributed by atoms with Crippen LogP contribution >= 0.6 is 11.6 Å². The molecule has 0 saturated carbocycles. The molecule has 5 heteroatoms. The third-order valence-electron chi connectivity index (χ3n) is 4.47. The Balaban J connectivity index is 1.55. The molecule has 3 heterocycles. The Morgan fingerprint density at radius 3 is 2.74 bits per heavy atom. The quantitative estimate of drug-likeness (QED) is 0.925. The molecule has 4 nitrogen and oxygen atoms in total. The van der Waals surface area contributed by atoms with E-state index < -0.39 is 0 Å². The summed E-state index contributed by atoms with van der Waals surface area (Å²) in [6, 6.07) is 0.749.